The molecule has 0 radical (unpaired) electrons. The highest BCUT2D eigenvalue weighted by Crippen LogP contribution is 2.37. The Labute approximate surface area is 275 Å². The van der Waals surface area contributed by atoms with E-state index in [4.69, 9.17) is 33.2 Å². The van der Waals surface area contributed by atoms with E-state index >= 15 is 0 Å². The standard InChI is InChI=1S/C31H42O17/c1-3-16-17(18(28(41)42-2)13-44-29(16)48-31-25(39)23(37)22(36)19(11-32)45-31)10-21(35)47-27-20(12-33)46-30(26(40)24(27)38)43-9-8-14-4-6-15(34)7-5-14/h3-7,13,17,19-20,22-27,29-34,36-40H,8-12H2,1-2H3/t17-,19+,20+,22+,23-,24-,25-,26-,27+,29-,30+,31-/m0/s1. The Balaban J connectivity index is 1.43. The quantitative estimate of drug-likeness (QED) is 0.0834. The zero-order valence-corrected chi connectivity index (χ0v) is 26.2. The Hall–Kier alpha value is -3.20. The van der Waals surface area contributed by atoms with E-state index in [-0.39, 0.29) is 23.5 Å². The highest BCUT2D eigenvalue weighted by atomic mass is 16.8. The second-order valence-corrected chi connectivity index (χ2v) is 11.4. The summed E-state index contributed by atoms with van der Waals surface area (Å²) in [6.07, 6.45) is -14.8. The highest BCUT2D eigenvalue weighted by molar-refractivity contribution is 5.90. The molecule has 4 rings (SSSR count). The maximum absolute atomic E-state index is 13.3. The summed E-state index contributed by atoms with van der Waals surface area (Å²) >= 11 is 0. The topological polar surface area (TPSA) is 261 Å². The number of hydrogen-bond donors (Lipinski definition) is 8. The van der Waals surface area contributed by atoms with Crippen LogP contribution in [0.15, 0.2) is 47.7 Å². The van der Waals surface area contributed by atoms with Crippen molar-refractivity contribution in [1.29, 1.82) is 0 Å². The number of phenols is 1. The van der Waals surface area contributed by atoms with Crippen LogP contribution in [0.1, 0.15) is 18.9 Å². The number of hydrogen-bond acceptors (Lipinski definition) is 17. The molecular formula is C31H42O17. The Morgan fingerprint density at radius 1 is 0.875 bits per heavy atom. The molecule has 17 nitrogen and oxygen atoms in total. The molecule has 3 heterocycles. The Morgan fingerprint density at radius 2 is 1.52 bits per heavy atom. The molecule has 0 spiro atoms. The van der Waals surface area contributed by atoms with E-state index in [1.54, 1.807) is 19.1 Å². The molecule has 48 heavy (non-hydrogen) atoms. The molecule has 3 aliphatic heterocycles. The number of aromatic hydroxyl groups is 1. The van der Waals surface area contributed by atoms with Crippen LogP contribution in [0, 0.1) is 5.92 Å². The van der Waals surface area contributed by atoms with E-state index in [9.17, 15) is 50.4 Å². The number of methoxy groups -OCH3 is 1. The number of benzene rings is 1. The van der Waals surface area contributed by atoms with Crippen molar-refractivity contribution in [3.05, 3.63) is 53.3 Å². The molecule has 0 aliphatic carbocycles. The zero-order valence-electron chi connectivity index (χ0n) is 26.2. The van der Waals surface area contributed by atoms with Gasteiger partial charge in [0, 0.05) is 11.5 Å². The molecule has 3 aliphatic rings. The summed E-state index contributed by atoms with van der Waals surface area (Å²) < 4.78 is 38.2. The Kier molecular flexibility index (Phi) is 13.3. The lowest BCUT2D eigenvalue weighted by molar-refractivity contribution is -0.327. The second-order valence-electron chi connectivity index (χ2n) is 11.4. The maximum Gasteiger partial charge on any atom is 0.337 e. The SMILES string of the molecule is CC=C1[C@H](O[C@@H]2O[C@H](CO)[C@@H](O)[C@H](O)[C@@H]2O)OC=C(C(=O)OC)[C@H]1CC(=O)O[C@H]1[C@@H](O)[C@H](O)[C@H](OCCc2ccc(O)cc2)O[C@@H]1CO. The fourth-order valence-corrected chi connectivity index (χ4v) is 5.58. The number of aliphatic hydroxyl groups is 7. The molecule has 2 fully saturated rings. The average molecular weight is 687 g/mol. The van der Waals surface area contributed by atoms with Crippen LogP contribution in [0.25, 0.3) is 0 Å². The third-order valence-electron chi connectivity index (χ3n) is 8.30. The van der Waals surface area contributed by atoms with E-state index < -0.39 is 105 Å². The normalized spacial score (nSPS) is 36.2. The molecule has 0 bridgehead atoms. The molecule has 1 aromatic carbocycles. The minimum Gasteiger partial charge on any atom is -0.508 e. The number of aliphatic hydroxyl groups excluding tert-OH is 7. The molecule has 0 unspecified atom stereocenters. The van der Waals surface area contributed by atoms with Crippen molar-refractivity contribution in [2.45, 2.75) is 87.5 Å². The Bertz CT molecular complexity index is 1280. The maximum atomic E-state index is 13.3. The first-order valence-electron chi connectivity index (χ1n) is 15.2. The van der Waals surface area contributed by atoms with Crippen molar-refractivity contribution >= 4 is 11.9 Å². The number of esters is 2. The summed E-state index contributed by atoms with van der Waals surface area (Å²) in [5.41, 5.74) is 0.851. The van der Waals surface area contributed by atoms with Gasteiger partial charge in [0.2, 0.25) is 6.29 Å². The van der Waals surface area contributed by atoms with Gasteiger partial charge in [-0.1, -0.05) is 18.2 Å². The van der Waals surface area contributed by atoms with E-state index in [1.807, 2.05) is 0 Å². The number of carbonyl (C=O) groups excluding carboxylic acids is 2. The van der Waals surface area contributed by atoms with Crippen molar-refractivity contribution in [2.75, 3.05) is 26.9 Å². The summed E-state index contributed by atoms with van der Waals surface area (Å²) in [6.45, 7) is 0.159. The van der Waals surface area contributed by atoms with Crippen LogP contribution in [0.3, 0.4) is 0 Å². The van der Waals surface area contributed by atoms with Crippen LogP contribution in [-0.2, 0) is 49.2 Å². The van der Waals surface area contributed by atoms with Crippen molar-refractivity contribution in [3.8, 4) is 5.75 Å². The van der Waals surface area contributed by atoms with Gasteiger partial charge in [-0.15, -0.1) is 0 Å². The second kappa shape index (κ2) is 17.0. The van der Waals surface area contributed by atoms with Gasteiger partial charge in [-0.2, -0.15) is 0 Å². The molecule has 0 saturated carbocycles. The fourth-order valence-electron chi connectivity index (χ4n) is 5.58. The monoisotopic (exact) mass is 686 g/mol. The van der Waals surface area contributed by atoms with E-state index in [1.165, 1.54) is 18.2 Å². The van der Waals surface area contributed by atoms with Crippen LogP contribution in [0.2, 0.25) is 0 Å². The summed E-state index contributed by atoms with van der Waals surface area (Å²) in [5.74, 6) is -2.88. The van der Waals surface area contributed by atoms with E-state index in [2.05, 4.69) is 0 Å². The molecule has 12 atom stereocenters. The third kappa shape index (κ3) is 8.50. The summed E-state index contributed by atoms with van der Waals surface area (Å²) in [4.78, 5) is 26.0. The minimum absolute atomic E-state index is 0.0483. The van der Waals surface area contributed by atoms with Crippen LogP contribution in [0.5, 0.6) is 5.75 Å². The van der Waals surface area contributed by atoms with Gasteiger partial charge in [0.1, 0.15) is 48.5 Å². The number of carbonyl (C=O) groups is 2. The lowest BCUT2D eigenvalue weighted by Gasteiger charge is -2.42. The van der Waals surface area contributed by atoms with Crippen LogP contribution in [0.4, 0.5) is 0 Å². The highest BCUT2D eigenvalue weighted by Gasteiger charge is 2.49. The molecular weight excluding hydrogens is 644 g/mol. The van der Waals surface area contributed by atoms with Crippen LogP contribution < -0.4 is 0 Å². The fraction of sp³-hybridized carbons (Fsp3) is 0.613. The first-order valence-corrected chi connectivity index (χ1v) is 15.2. The number of phenolic OH excluding ortho intramolecular Hbond substituents is 1. The van der Waals surface area contributed by atoms with Gasteiger partial charge < -0.3 is 74.0 Å². The largest absolute Gasteiger partial charge is 0.508 e. The first kappa shape index (κ1) is 37.6. The molecule has 268 valence electrons. The van der Waals surface area contributed by atoms with Gasteiger partial charge in [-0.05, 0) is 31.0 Å². The smallest absolute Gasteiger partial charge is 0.337 e. The van der Waals surface area contributed by atoms with E-state index in [0.717, 1.165) is 18.9 Å². The van der Waals surface area contributed by atoms with Gasteiger partial charge in [-0.3, -0.25) is 4.79 Å². The first-order chi connectivity index (χ1) is 22.9. The van der Waals surface area contributed by atoms with Crippen molar-refractivity contribution < 1.29 is 83.6 Å². The van der Waals surface area contributed by atoms with Gasteiger partial charge in [0.15, 0.2) is 18.7 Å². The van der Waals surface area contributed by atoms with Gasteiger partial charge in [0.05, 0.1) is 45.2 Å². The summed E-state index contributed by atoms with van der Waals surface area (Å²) in [5, 5.41) is 81.1. The number of rotatable bonds is 12. The molecule has 1 aromatic rings. The lowest BCUT2D eigenvalue weighted by atomic mass is 9.86. The predicted molar refractivity (Wildman–Crippen MR) is 157 cm³/mol. The van der Waals surface area contributed by atoms with Crippen LogP contribution in [-0.4, -0.2) is 147 Å². The van der Waals surface area contributed by atoms with Crippen LogP contribution >= 0.6 is 0 Å². The predicted octanol–water partition coefficient (Wildman–Crippen LogP) is -2.52. The molecule has 17 heteroatoms. The number of allylic oxidation sites excluding steroid dienone is 1. The van der Waals surface area contributed by atoms with Gasteiger partial charge in [-0.25, -0.2) is 4.79 Å². The summed E-state index contributed by atoms with van der Waals surface area (Å²) in [6, 6.07) is 6.37. The van der Waals surface area contributed by atoms with Crippen molar-refractivity contribution in [1.82, 2.24) is 0 Å². The van der Waals surface area contributed by atoms with Crippen molar-refractivity contribution in [3.63, 3.8) is 0 Å². The summed E-state index contributed by atoms with van der Waals surface area (Å²) in [7, 11) is 1.11. The van der Waals surface area contributed by atoms with Crippen molar-refractivity contribution in [2.24, 2.45) is 5.92 Å². The lowest BCUT2D eigenvalue weighted by Crippen LogP contribution is -2.60. The third-order valence-corrected chi connectivity index (χ3v) is 8.30. The van der Waals surface area contributed by atoms with Gasteiger partial charge in [0.25, 0.3) is 0 Å². The average Bonchev–Trinajstić information content (AvgIpc) is 3.08. The minimum atomic E-state index is -1.77. The Morgan fingerprint density at radius 3 is 2.15 bits per heavy atom. The molecule has 8 N–H and O–H groups in total. The molecule has 2 saturated heterocycles. The molecule has 0 aromatic heterocycles. The van der Waals surface area contributed by atoms with E-state index in [0.29, 0.717) is 6.42 Å². The molecule has 0 amide bonds. The zero-order chi connectivity index (χ0) is 35.1. The number of ether oxygens (including phenoxy) is 7. The van der Waals surface area contributed by atoms with Gasteiger partial charge >= 0.3 is 11.9 Å².